The summed E-state index contributed by atoms with van der Waals surface area (Å²) in [5.74, 6) is 1.11. The standard InChI is InChI=1S/C17H15N3O3/c1-10-6-15-16(23-5-4-22-15)8-13(10)17(21)19-12-3-2-11-9-18-20-14(11)7-12/h2-3,6-9H,4-5H2,1H3,(H,18,20)(H,19,21). The fourth-order valence-electron chi connectivity index (χ4n) is 2.65. The van der Waals surface area contributed by atoms with Crippen LogP contribution in [0.2, 0.25) is 0 Å². The van der Waals surface area contributed by atoms with Gasteiger partial charge in [0.15, 0.2) is 11.5 Å². The Bertz CT molecular complexity index is 901. The van der Waals surface area contributed by atoms with E-state index in [2.05, 4.69) is 15.5 Å². The van der Waals surface area contributed by atoms with Gasteiger partial charge in [0.2, 0.25) is 0 Å². The van der Waals surface area contributed by atoms with Gasteiger partial charge < -0.3 is 14.8 Å². The van der Waals surface area contributed by atoms with Crippen LogP contribution < -0.4 is 14.8 Å². The number of hydrogen-bond donors (Lipinski definition) is 2. The van der Waals surface area contributed by atoms with Gasteiger partial charge in [-0.2, -0.15) is 5.10 Å². The molecule has 0 saturated carbocycles. The number of amides is 1. The summed E-state index contributed by atoms with van der Waals surface area (Å²) in [7, 11) is 0. The minimum atomic E-state index is -0.182. The van der Waals surface area contributed by atoms with Crippen LogP contribution >= 0.6 is 0 Å². The van der Waals surface area contributed by atoms with Gasteiger partial charge in [0.05, 0.1) is 11.7 Å². The summed E-state index contributed by atoms with van der Waals surface area (Å²) in [4.78, 5) is 12.6. The molecule has 2 heterocycles. The molecule has 6 nitrogen and oxygen atoms in total. The molecule has 2 aromatic carbocycles. The van der Waals surface area contributed by atoms with Gasteiger partial charge in [0.1, 0.15) is 13.2 Å². The number of hydrogen-bond acceptors (Lipinski definition) is 4. The normalized spacial score (nSPS) is 13.1. The highest BCUT2D eigenvalue weighted by atomic mass is 16.6. The van der Waals surface area contributed by atoms with Crippen molar-refractivity contribution in [3.63, 3.8) is 0 Å². The molecule has 1 amide bonds. The molecule has 0 atom stereocenters. The van der Waals surface area contributed by atoms with Gasteiger partial charge in [0.25, 0.3) is 5.91 Å². The lowest BCUT2D eigenvalue weighted by atomic mass is 10.1. The molecule has 0 spiro atoms. The first-order chi connectivity index (χ1) is 11.2. The third kappa shape index (κ3) is 2.48. The molecule has 0 saturated heterocycles. The lowest BCUT2D eigenvalue weighted by Crippen LogP contribution is -2.18. The Hall–Kier alpha value is -3.02. The molecule has 0 radical (unpaired) electrons. The summed E-state index contributed by atoms with van der Waals surface area (Å²) in [6.07, 6.45) is 1.74. The predicted octanol–water partition coefficient (Wildman–Crippen LogP) is 2.89. The van der Waals surface area contributed by atoms with Gasteiger partial charge in [0, 0.05) is 16.6 Å². The van der Waals surface area contributed by atoms with Crippen molar-refractivity contribution in [1.29, 1.82) is 0 Å². The summed E-state index contributed by atoms with van der Waals surface area (Å²) in [5.41, 5.74) is 3.00. The minimum Gasteiger partial charge on any atom is -0.486 e. The van der Waals surface area contributed by atoms with Gasteiger partial charge in [-0.1, -0.05) is 0 Å². The van der Waals surface area contributed by atoms with Crippen molar-refractivity contribution >= 4 is 22.5 Å². The van der Waals surface area contributed by atoms with Crippen molar-refractivity contribution < 1.29 is 14.3 Å². The maximum Gasteiger partial charge on any atom is 0.256 e. The molecule has 0 fully saturated rings. The zero-order valence-electron chi connectivity index (χ0n) is 12.6. The van der Waals surface area contributed by atoms with Crippen LogP contribution in [0.15, 0.2) is 36.5 Å². The Morgan fingerprint density at radius 1 is 1.17 bits per heavy atom. The second-order valence-corrected chi connectivity index (χ2v) is 5.44. The number of nitrogens with one attached hydrogen (secondary N) is 2. The molecule has 1 aliphatic heterocycles. The van der Waals surface area contributed by atoms with Crippen molar-refractivity contribution in [3.05, 3.63) is 47.7 Å². The summed E-state index contributed by atoms with van der Waals surface area (Å²) >= 11 is 0. The lowest BCUT2D eigenvalue weighted by Gasteiger charge is -2.20. The summed E-state index contributed by atoms with van der Waals surface area (Å²) in [5, 5.41) is 10.8. The Labute approximate surface area is 132 Å². The van der Waals surface area contributed by atoms with Crippen LogP contribution in [0.25, 0.3) is 10.9 Å². The largest absolute Gasteiger partial charge is 0.486 e. The van der Waals surface area contributed by atoms with Gasteiger partial charge in [-0.15, -0.1) is 0 Å². The molecular weight excluding hydrogens is 294 g/mol. The predicted molar refractivity (Wildman–Crippen MR) is 86.2 cm³/mol. The second kappa shape index (κ2) is 5.31. The number of carbonyl (C=O) groups excluding carboxylic acids is 1. The smallest absolute Gasteiger partial charge is 0.256 e. The lowest BCUT2D eigenvalue weighted by molar-refractivity contribution is 0.102. The Morgan fingerprint density at radius 2 is 1.96 bits per heavy atom. The third-order valence-electron chi connectivity index (χ3n) is 3.83. The number of rotatable bonds is 2. The Balaban J connectivity index is 1.63. The average molecular weight is 309 g/mol. The maximum atomic E-state index is 12.6. The summed E-state index contributed by atoms with van der Waals surface area (Å²) < 4.78 is 11.1. The monoisotopic (exact) mass is 309 g/mol. The van der Waals surface area contributed by atoms with Crippen molar-refractivity contribution in [3.8, 4) is 11.5 Å². The van der Waals surface area contributed by atoms with Gasteiger partial charge >= 0.3 is 0 Å². The number of aromatic nitrogens is 2. The van der Waals surface area contributed by atoms with Crippen LogP contribution in [-0.2, 0) is 0 Å². The van der Waals surface area contributed by atoms with E-state index in [0.717, 1.165) is 16.5 Å². The number of fused-ring (bicyclic) bond motifs is 2. The molecule has 23 heavy (non-hydrogen) atoms. The molecule has 1 aliphatic rings. The highest BCUT2D eigenvalue weighted by Gasteiger charge is 2.18. The number of nitrogens with zero attached hydrogens (tertiary/aromatic N) is 1. The molecule has 0 unspecified atom stereocenters. The maximum absolute atomic E-state index is 12.6. The minimum absolute atomic E-state index is 0.182. The Kier molecular flexibility index (Phi) is 3.15. The number of anilines is 1. The highest BCUT2D eigenvalue weighted by molar-refractivity contribution is 6.06. The molecular formula is C17H15N3O3. The van der Waals surface area contributed by atoms with E-state index in [1.807, 2.05) is 31.2 Å². The van der Waals surface area contributed by atoms with E-state index in [4.69, 9.17) is 9.47 Å². The first-order valence-electron chi connectivity index (χ1n) is 7.35. The summed E-state index contributed by atoms with van der Waals surface area (Å²) in [6, 6.07) is 9.18. The molecule has 4 rings (SSSR count). The number of H-pyrrole nitrogens is 1. The van der Waals surface area contributed by atoms with Crippen molar-refractivity contribution in [1.82, 2.24) is 10.2 Å². The number of benzene rings is 2. The van der Waals surface area contributed by atoms with Gasteiger partial charge in [-0.25, -0.2) is 0 Å². The molecule has 3 aromatic rings. The van der Waals surface area contributed by atoms with E-state index in [9.17, 15) is 4.79 Å². The Morgan fingerprint density at radius 3 is 2.78 bits per heavy atom. The van der Waals surface area contributed by atoms with E-state index in [1.54, 1.807) is 12.3 Å². The zero-order valence-corrected chi connectivity index (χ0v) is 12.6. The first-order valence-corrected chi connectivity index (χ1v) is 7.35. The quantitative estimate of drug-likeness (QED) is 0.763. The van der Waals surface area contributed by atoms with Crippen LogP contribution in [0, 0.1) is 6.92 Å². The molecule has 0 bridgehead atoms. The number of ether oxygens (including phenoxy) is 2. The van der Waals surface area contributed by atoms with Crippen molar-refractivity contribution in [2.75, 3.05) is 18.5 Å². The van der Waals surface area contributed by atoms with Crippen molar-refractivity contribution in [2.24, 2.45) is 0 Å². The van der Waals surface area contributed by atoms with E-state index in [-0.39, 0.29) is 5.91 Å². The second-order valence-electron chi connectivity index (χ2n) is 5.44. The average Bonchev–Trinajstić information content (AvgIpc) is 3.01. The van der Waals surface area contributed by atoms with Gasteiger partial charge in [-0.3, -0.25) is 9.89 Å². The van der Waals surface area contributed by atoms with Gasteiger partial charge in [-0.05, 0) is 42.8 Å². The highest BCUT2D eigenvalue weighted by Crippen LogP contribution is 2.33. The third-order valence-corrected chi connectivity index (χ3v) is 3.83. The fraction of sp³-hybridized carbons (Fsp3) is 0.176. The number of carbonyl (C=O) groups is 1. The SMILES string of the molecule is Cc1cc2c(cc1C(=O)Nc1ccc3cn[nH]c3c1)OCCO2. The van der Waals surface area contributed by atoms with E-state index < -0.39 is 0 Å². The molecule has 0 aliphatic carbocycles. The molecule has 2 N–H and O–H groups in total. The number of aromatic amines is 1. The van der Waals surface area contributed by atoms with E-state index in [1.165, 1.54) is 0 Å². The van der Waals surface area contributed by atoms with Crippen LogP contribution in [0.5, 0.6) is 11.5 Å². The molecule has 1 aromatic heterocycles. The van der Waals surface area contributed by atoms with Crippen LogP contribution in [0.3, 0.4) is 0 Å². The molecule has 116 valence electrons. The van der Waals surface area contributed by atoms with E-state index in [0.29, 0.717) is 36.0 Å². The van der Waals surface area contributed by atoms with Crippen LogP contribution in [-0.4, -0.2) is 29.3 Å². The zero-order chi connectivity index (χ0) is 15.8. The molecule has 6 heteroatoms. The topological polar surface area (TPSA) is 76.2 Å². The van der Waals surface area contributed by atoms with Crippen LogP contribution in [0.1, 0.15) is 15.9 Å². The van der Waals surface area contributed by atoms with E-state index >= 15 is 0 Å². The van der Waals surface area contributed by atoms with Crippen LogP contribution in [0.4, 0.5) is 5.69 Å². The number of aryl methyl sites for hydroxylation is 1. The fourth-order valence-corrected chi connectivity index (χ4v) is 2.65. The summed E-state index contributed by atoms with van der Waals surface area (Å²) in [6.45, 7) is 2.90. The van der Waals surface area contributed by atoms with Crippen molar-refractivity contribution in [2.45, 2.75) is 6.92 Å². The first kappa shape index (κ1) is 13.6.